The molecule has 1 amide bonds. The Bertz CT molecular complexity index is 549. The highest BCUT2D eigenvalue weighted by Gasteiger charge is 2.14. The van der Waals surface area contributed by atoms with Crippen molar-refractivity contribution < 1.29 is 18.0 Å². The minimum absolute atomic E-state index is 0.142. The highest BCUT2D eigenvalue weighted by molar-refractivity contribution is 7.07. The van der Waals surface area contributed by atoms with Crippen LogP contribution in [-0.2, 0) is 6.54 Å². The number of halogens is 3. The van der Waals surface area contributed by atoms with Crippen molar-refractivity contribution >= 4 is 17.2 Å². The summed E-state index contributed by atoms with van der Waals surface area (Å²) >= 11 is 1.36. The first kappa shape index (κ1) is 12.6. The Balaban J connectivity index is 2.09. The first-order valence-electron chi connectivity index (χ1n) is 4.87. The van der Waals surface area contributed by atoms with E-state index in [2.05, 4.69) is 10.3 Å². The number of nitrogens with zero attached hydrogens (tertiary/aromatic N) is 1. The average molecular weight is 272 g/mol. The SMILES string of the molecule is O=C(NCc1cscn1)c1cc(F)c(F)c(F)c1. The van der Waals surface area contributed by atoms with Gasteiger partial charge in [-0.05, 0) is 12.1 Å². The number of hydrogen-bond donors (Lipinski definition) is 1. The van der Waals surface area contributed by atoms with Gasteiger partial charge in [-0.25, -0.2) is 18.2 Å². The second-order valence-corrected chi connectivity index (χ2v) is 4.14. The van der Waals surface area contributed by atoms with Gasteiger partial charge < -0.3 is 5.32 Å². The summed E-state index contributed by atoms with van der Waals surface area (Å²) < 4.78 is 38.5. The van der Waals surface area contributed by atoms with Gasteiger partial charge in [-0.15, -0.1) is 11.3 Å². The minimum atomic E-state index is -1.59. The molecule has 18 heavy (non-hydrogen) atoms. The Morgan fingerprint density at radius 3 is 2.50 bits per heavy atom. The molecule has 1 aromatic carbocycles. The van der Waals surface area contributed by atoms with E-state index in [1.165, 1.54) is 11.3 Å². The largest absolute Gasteiger partial charge is 0.346 e. The Morgan fingerprint density at radius 2 is 1.94 bits per heavy atom. The number of amides is 1. The van der Waals surface area contributed by atoms with E-state index in [9.17, 15) is 18.0 Å². The highest BCUT2D eigenvalue weighted by Crippen LogP contribution is 2.13. The summed E-state index contributed by atoms with van der Waals surface area (Å²) in [6.07, 6.45) is 0. The number of carbonyl (C=O) groups excluding carboxylic acids is 1. The molecule has 0 saturated heterocycles. The molecule has 7 heteroatoms. The van der Waals surface area contributed by atoms with Gasteiger partial charge in [-0.3, -0.25) is 4.79 Å². The van der Waals surface area contributed by atoms with Crippen LogP contribution in [0.3, 0.4) is 0 Å². The van der Waals surface area contributed by atoms with E-state index in [0.717, 1.165) is 0 Å². The fraction of sp³-hybridized carbons (Fsp3) is 0.0909. The minimum Gasteiger partial charge on any atom is -0.346 e. The van der Waals surface area contributed by atoms with Crippen molar-refractivity contribution in [2.75, 3.05) is 0 Å². The third-order valence-corrected chi connectivity index (χ3v) is 2.79. The second kappa shape index (κ2) is 5.18. The number of rotatable bonds is 3. The summed E-state index contributed by atoms with van der Waals surface area (Å²) in [7, 11) is 0. The molecule has 0 unspecified atom stereocenters. The van der Waals surface area contributed by atoms with Crippen molar-refractivity contribution in [3.05, 3.63) is 51.7 Å². The van der Waals surface area contributed by atoms with Gasteiger partial charge in [0.2, 0.25) is 0 Å². The number of benzene rings is 1. The molecular formula is C11H7F3N2OS. The number of thiazole rings is 1. The van der Waals surface area contributed by atoms with Crippen LogP contribution in [0.4, 0.5) is 13.2 Å². The average Bonchev–Trinajstić information content (AvgIpc) is 2.85. The third kappa shape index (κ3) is 2.67. The lowest BCUT2D eigenvalue weighted by molar-refractivity contribution is 0.0949. The summed E-state index contributed by atoms with van der Waals surface area (Å²) in [5, 5.41) is 4.15. The molecule has 2 rings (SSSR count). The summed E-state index contributed by atoms with van der Waals surface area (Å²) in [6.45, 7) is 0.142. The van der Waals surface area contributed by atoms with Crippen molar-refractivity contribution in [1.29, 1.82) is 0 Å². The Labute approximate surface area is 104 Å². The summed E-state index contributed by atoms with van der Waals surface area (Å²) in [5.74, 6) is -5.07. The molecule has 0 saturated carbocycles. The third-order valence-electron chi connectivity index (χ3n) is 2.16. The summed E-state index contributed by atoms with van der Waals surface area (Å²) in [4.78, 5) is 15.5. The molecule has 1 heterocycles. The van der Waals surface area contributed by atoms with Gasteiger partial charge in [0.15, 0.2) is 17.5 Å². The number of nitrogens with one attached hydrogen (secondary N) is 1. The van der Waals surface area contributed by atoms with Crippen LogP contribution in [0, 0.1) is 17.5 Å². The topological polar surface area (TPSA) is 42.0 Å². The van der Waals surface area contributed by atoms with E-state index in [-0.39, 0.29) is 12.1 Å². The number of aromatic nitrogens is 1. The van der Waals surface area contributed by atoms with E-state index in [1.807, 2.05) is 0 Å². The fourth-order valence-electron chi connectivity index (χ4n) is 1.28. The van der Waals surface area contributed by atoms with Gasteiger partial charge in [0.1, 0.15) is 0 Å². The zero-order chi connectivity index (χ0) is 13.1. The molecule has 2 aromatic rings. The molecule has 0 aliphatic carbocycles. The molecule has 94 valence electrons. The lowest BCUT2D eigenvalue weighted by Gasteiger charge is -2.04. The van der Waals surface area contributed by atoms with E-state index >= 15 is 0 Å². The Hall–Kier alpha value is -1.89. The smallest absolute Gasteiger partial charge is 0.251 e. The van der Waals surface area contributed by atoms with E-state index in [4.69, 9.17) is 0 Å². The van der Waals surface area contributed by atoms with Gasteiger partial charge in [0, 0.05) is 10.9 Å². The Morgan fingerprint density at radius 1 is 1.28 bits per heavy atom. The molecule has 0 aliphatic rings. The van der Waals surface area contributed by atoms with Crippen molar-refractivity contribution in [3.8, 4) is 0 Å². The second-order valence-electron chi connectivity index (χ2n) is 3.42. The molecule has 0 atom stereocenters. The van der Waals surface area contributed by atoms with Crippen LogP contribution in [-0.4, -0.2) is 10.9 Å². The van der Waals surface area contributed by atoms with E-state index < -0.39 is 23.4 Å². The monoisotopic (exact) mass is 272 g/mol. The van der Waals surface area contributed by atoms with Crippen molar-refractivity contribution in [1.82, 2.24) is 10.3 Å². The first-order valence-corrected chi connectivity index (χ1v) is 5.82. The van der Waals surface area contributed by atoms with Crippen LogP contribution < -0.4 is 5.32 Å². The Kier molecular flexibility index (Phi) is 3.61. The molecule has 0 bridgehead atoms. The van der Waals surface area contributed by atoms with Crippen LogP contribution >= 0.6 is 11.3 Å². The molecule has 0 fully saturated rings. The van der Waals surface area contributed by atoms with Crippen molar-refractivity contribution in [2.24, 2.45) is 0 Å². The van der Waals surface area contributed by atoms with Crippen LogP contribution in [0.2, 0.25) is 0 Å². The fourth-order valence-corrected chi connectivity index (χ4v) is 1.84. The van der Waals surface area contributed by atoms with Crippen molar-refractivity contribution in [2.45, 2.75) is 6.54 Å². The lowest BCUT2D eigenvalue weighted by Crippen LogP contribution is -2.23. The zero-order valence-electron chi connectivity index (χ0n) is 8.91. The molecule has 3 nitrogen and oxygen atoms in total. The normalized spacial score (nSPS) is 10.4. The van der Waals surface area contributed by atoms with Crippen LogP contribution in [0.15, 0.2) is 23.0 Å². The number of carbonyl (C=O) groups is 1. The van der Waals surface area contributed by atoms with Gasteiger partial charge in [-0.2, -0.15) is 0 Å². The maximum atomic E-state index is 12.9. The molecule has 1 N–H and O–H groups in total. The van der Waals surface area contributed by atoms with E-state index in [0.29, 0.717) is 17.8 Å². The predicted octanol–water partition coefficient (Wildman–Crippen LogP) is 2.49. The van der Waals surface area contributed by atoms with Gasteiger partial charge >= 0.3 is 0 Å². The first-order chi connectivity index (χ1) is 8.58. The van der Waals surface area contributed by atoms with Gasteiger partial charge in [-0.1, -0.05) is 0 Å². The van der Waals surface area contributed by atoms with Crippen molar-refractivity contribution in [3.63, 3.8) is 0 Å². The maximum Gasteiger partial charge on any atom is 0.251 e. The zero-order valence-corrected chi connectivity index (χ0v) is 9.73. The molecular weight excluding hydrogens is 265 g/mol. The van der Waals surface area contributed by atoms with Crippen LogP contribution in [0.25, 0.3) is 0 Å². The summed E-state index contributed by atoms with van der Waals surface area (Å²) in [6, 6.07) is 1.30. The number of hydrogen-bond acceptors (Lipinski definition) is 3. The molecule has 0 aliphatic heterocycles. The predicted molar refractivity (Wildman–Crippen MR) is 59.6 cm³/mol. The quantitative estimate of drug-likeness (QED) is 0.872. The van der Waals surface area contributed by atoms with Crippen LogP contribution in [0.1, 0.15) is 16.1 Å². The van der Waals surface area contributed by atoms with Gasteiger partial charge in [0.05, 0.1) is 17.7 Å². The lowest BCUT2D eigenvalue weighted by atomic mass is 10.2. The molecule has 0 spiro atoms. The van der Waals surface area contributed by atoms with E-state index in [1.54, 1.807) is 10.9 Å². The standard InChI is InChI=1S/C11H7F3N2OS/c12-8-1-6(2-9(13)10(8)14)11(17)15-3-7-4-18-5-16-7/h1-2,4-5H,3H2,(H,15,17). The molecule has 0 radical (unpaired) electrons. The van der Waals surface area contributed by atoms with Gasteiger partial charge in [0.25, 0.3) is 5.91 Å². The molecule has 1 aromatic heterocycles. The highest BCUT2D eigenvalue weighted by atomic mass is 32.1. The maximum absolute atomic E-state index is 12.9. The van der Waals surface area contributed by atoms with Crippen LogP contribution in [0.5, 0.6) is 0 Å². The summed E-state index contributed by atoms with van der Waals surface area (Å²) in [5.41, 5.74) is 1.96.